The number of aromatic nitrogens is 2. The minimum atomic E-state index is -0.656. The number of nitrogens with zero attached hydrogens (tertiary/aromatic N) is 2. The summed E-state index contributed by atoms with van der Waals surface area (Å²) in [5.41, 5.74) is 2.86. The normalized spacial score (nSPS) is 12.4. The van der Waals surface area contributed by atoms with Crippen LogP contribution in [0.5, 0.6) is 0 Å². The van der Waals surface area contributed by atoms with Gasteiger partial charge in [0.15, 0.2) is 0 Å². The number of para-hydroxylation sites is 2. The molecule has 1 atom stereocenters. The first-order valence-electron chi connectivity index (χ1n) is 8.37. The fourth-order valence-corrected chi connectivity index (χ4v) is 2.71. The monoisotopic (exact) mass is 341 g/mol. The van der Waals surface area contributed by atoms with Gasteiger partial charge in [-0.25, -0.2) is 4.98 Å². The molecule has 0 amide bonds. The molecular formula is C19H23N3O3. The Kier molecular flexibility index (Phi) is 6.00. The minimum Gasteiger partial charge on any atom is -0.395 e. The van der Waals surface area contributed by atoms with Crippen LogP contribution in [0.25, 0.3) is 11.0 Å². The molecular weight excluding hydrogens is 318 g/mol. The standard InChI is InChI=1S/C19H23N3O3/c23-11-10-20-19-21-17-8-4-5-9-18(17)22(19)12-16(24)14-25-13-15-6-2-1-3-7-15/h1-9,16,23-24H,10-14H2,(H,20,21). The predicted molar refractivity (Wildman–Crippen MR) is 97.4 cm³/mol. The highest BCUT2D eigenvalue weighted by molar-refractivity contribution is 5.78. The number of aliphatic hydroxyl groups excluding tert-OH is 2. The third-order valence-electron chi connectivity index (χ3n) is 3.86. The highest BCUT2D eigenvalue weighted by Gasteiger charge is 2.14. The molecule has 2 aromatic carbocycles. The van der Waals surface area contributed by atoms with Gasteiger partial charge in [0.2, 0.25) is 5.95 Å². The van der Waals surface area contributed by atoms with Gasteiger partial charge in [0, 0.05) is 6.54 Å². The van der Waals surface area contributed by atoms with Crippen molar-refractivity contribution in [3.8, 4) is 0 Å². The zero-order valence-electron chi connectivity index (χ0n) is 14.0. The van der Waals surface area contributed by atoms with E-state index in [-0.39, 0.29) is 13.2 Å². The van der Waals surface area contributed by atoms with E-state index >= 15 is 0 Å². The summed E-state index contributed by atoms with van der Waals surface area (Å²) >= 11 is 0. The third-order valence-corrected chi connectivity index (χ3v) is 3.86. The smallest absolute Gasteiger partial charge is 0.204 e. The first-order valence-corrected chi connectivity index (χ1v) is 8.37. The van der Waals surface area contributed by atoms with Gasteiger partial charge in [0.25, 0.3) is 0 Å². The molecule has 3 rings (SSSR count). The number of rotatable bonds is 9. The summed E-state index contributed by atoms with van der Waals surface area (Å²) in [6, 6.07) is 17.6. The van der Waals surface area contributed by atoms with Crippen LogP contribution in [0.4, 0.5) is 5.95 Å². The second kappa shape index (κ2) is 8.62. The van der Waals surface area contributed by atoms with Gasteiger partial charge in [-0.2, -0.15) is 0 Å². The number of aliphatic hydroxyl groups is 2. The molecule has 0 saturated heterocycles. The summed E-state index contributed by atoms with van der Waals surface area (Å²) in [7, 11) is 0. The highest BCUT2D eigenvalue weighted by atomic mass is 16.5. The molecule has 0 saturated carbocycles. The first-order chi connectivity index (χ1) is 12.3. The zero-order valence-corrected chi connectivity index (χ0v) is 14.0. The predicted octanol–water partition coefficient (Wildman–Crippen LogP) is 2.02. The fraction of sp³-hybridized carbons (Fsp3) is 0.316. The highest BCUT2D eigenvalue weighted by Crippen LogP contribution is 2.20. The van der Waals surface area contributed by atoms with E-state index in [1.54, 1.807) is 0 Å². The molecule has 0 fully saturated rings. The summed E-state index contributed by atoms with van der Waals surface area (Å²) in [6.45, 7) is 1.50. The quantitative estimate of drug-likeness (QED) is 0.555. The van der Waals surface area contributed by atoms with Crippen molar-refractivity contribution >= 4 is 17.0 Å². The molecule has 25 heavy (non-hydrogen) atoms. The van der Waals surface area contributed by atoms with Gasteiger partial charge in [0.1, 0.15) is 0 Å². The van der Waals surface area contributed by atoms with Crippen molar-refractivity contribution in [3.63, 3.8) is 0 Å². The summed E-state index contributed by atoms with van der Waals surface area (Å²) in [5, 5.41) is 22.5. The van der Waals surface area contributed by atoms with Gasteiger partial charge >= 0.3 is 0 Å². The Morgan fingerprint density at radius 1 is 1.08 bits per heavy atom. The Morgan fingerprint density at radius 3 is 2.64 bits per heavy atom. The van der Waals surface area contributed by atoms with Crippen molar-refractivity contribution in [3.05, 3.63) is 60.2 Å². The van der Waals surface area contributed by atoms with Crippen LogP contribution in [0, 0.1) is 0 Å². The van der Waals surface area contributed by atoms with E-state index in [9.17, 15) is 5.11 Å². The Bertz CT molecular complexity index is 789. The zero-order chi connectivity index (χ0) is 17.5. The average molecular weight is 341 g/mol. The second-order valence-electron chi connectivity index (χ2n) is 5.84. The van der Waals surface area contributed by atoms with Crippen LogP contribution in [0.2, 0.25) is 0 Å². The summed E-state index contributed by atoms with van der Waals surface area (Å²) in [5.74, 6) is 0.636. The molecule has 0 aliphatic carbocycles. The molecule has 0 radical (unpaired) electrons. The maximum atomic E-state index is 10.4. The van der Waals surface area contributed by atoms with Crippen LogP contribution in [0.3, 0.4) is 0 Å². The molecule has 0 bridgehead atoms. The lowest BCUT2D eigenvalue weighted by atomic mass is 10.2. The Morgan fingerprint density at radius 2 is 1.84 bits per heavy atom. The molecule has 1 aromatic heterocycles. The Labute approximate surface area is 146 Å². The van der Waals surface area contributed by atoms with Crippen LogP contribution in [0.1, 0.15) is 5.56 Å². The maximum Gasteiger partial charge on any atom is 0.204 e. The van der Waals surface area contributed by atoms with Crippen molar-refractivity contribution < 1.29 is 14.9 Å². The van der Waals surface area contributed by atoms with Crippen molar-refractivity contribution in [1.82, 2.24) is 9.55 Å². The molecule has 132 valence electrons. The maximum absolute atomic E-state index is 10.4. The molecule has 1 heterocycles. The first kappa shape index (κ1) is 17.4. The summed E-state index contributed by atoms with van der Waals surface area (Å²) < 4.78 is 7.54. The number of hydrogen-bond donors (Lipinski definition) is 3. The summed E-state index contributed by atoms with van der Waals surface area (Å²) in [6.07, 6.45) is -0.656. The van der Waals surface area contributed by atoms with Crippen molar-refractivity contribution in [2.45, 2.75) is 19.3 Å². The minimum absolute atomic E-state index is 0.0198. The van der Waals surface area contributed by atoms with E-state index in [0.29, 0.717) is 25.6 Å². The van der Waals surface area contributed by atoms with Gasteiger partial charge < -0.3 is 24.8 Å². The van der Waals surface area contributed by atoms with Crippen molar-refractivity contribution in [2.75, 3.05) is 25.1 Å². The SMILES string of the molecule is OCCNc1nc2ccccc2n1CC(O)COCc1ccccc1. The molecule has 1 unspecified atom stereocenters. The number of fused-ring (bicyclic) bond motifs is 1. The molecule has 0 aliphatic heterocycles. The van der Waals surface area contributed by atoms with Crippen LogP contribution in [0.15, 0.2) is 54.6 Å². The van der Waals surface area contributed by atoms with Crippen LogP contribution >= 0.6 is 0 Å². The van der Waals surface area contributed by atoms with Gasteiger partial charge in [-0.1, -0.05) is 42.5 Å². The van der Waals surface area contributed by atoms with Crippen molar-refractivity contribution in [1.29, 1.82) is 0 Å². The molecule has 6 nitrogen and oxygen atoms in total. The molecule has 6 heteroatoms. The number of benzene rings is 2. The number of nitrogens with one attached hydrogen (secondary N) is 1. The Hall–Kier alpha value is -2.41. The average Bonchev–Trinajstić information content (AvgIpc) is 2.98. The molecule has 3 aromatic rings. The van der Waals surface area contributed by atoms with Gasteiger partial charge in [-0.15, -0.1) is 0 Å². The van der Waals surface area contributed by atoms with E-state index in [4.69, 9.17) is 9.84 Å². The summed E-state index contributed by atoms with van der Waals surface area (Å²) in [4.78, 5) is 4.52. The van der Waals surface area contributed by atoms with E-state index < -0.39 is 6.10 Å². The number of imidazole rings is 1. The van der Waals surface area contributed by atoms with E-state index in [1.165, 1.54) is 0 Å². The largest absolute Gasteiger partial charge is 0.395 e. The topological polar surface area (TPSA) is 79.5 Å². The molecule has 0 aliphatic rings. The molecule has 3 N–H and O–H groups in total. The second-order valence-corrected chi connectivity index (χ2v) is 5.84. The Balaban J connectivity index is 1.64. The van der Waals surface area contributed by atoms with E-state index in [0.717, 1.165) is 16.6 Å². The van der Waals surface area contributed by atoms with E-state index in [2.05, 4.69) is 10.3 Å². The van der Waals surface area contributed by atoms with E-state index in [1.807, 2.05) is 59.2 Å². The fourth-order valence-electron chi connectivity index (χ4n) is 2.71. The van der Waals surface area contributed by atoms with Crippen LogP contribution < -0.4 is 5.32 Å². The van der Waals surface area contributed by atoms with Gasteiger partial charge in [-0.3, -0.25) is 0 Å². The number of hydrogen-bond acceptors (Lipinski definition) is 5. The van der Waals surface area contributed by atoms with Crippen molar-refractivity contribution in [2.24, 2.45) is 0 Å². The van der Waals surface area contributed by atoms with Crippen LogP contribution in [-0.2, 0) is 17.9 Å². The third kappa shape index (κ3) is 4.57. The van der Waals surface area contributed by atoms with Gasteiger partial charge in [-0.05, 0) is 17.7 Å². The lowest BCUT2D eigenvalue weighted by molar-refractivity contribution is 0.0211. The van der Waals surface area contributed by atoms with Gasteiger partial charge in [0.05, 0.1) is 43.5 Å². The number of anilines is 1. The molecule has 0 spiro atoms. The van der Waals surface area contributed by atoms with Crippen LogP contribution in [-0.4, -0.2) is 45.6 Å². The number of ether oxygens (including phenoxy) is 1. The lowest BCUT2D eigenvalue weighted by Crippen LogP contribution is -2.23. The lowest BCUT2D eigenvalue weighted by Gasteiger charge is -2.15.